The van der Waals surface area contributed by atoms with E-state index in [1.54, 1.807) is 19.3 Å². The van der Waals surface area contributed by atoms with E-state index in [9.17, 15) is 5.11 Å². The standard InChI is InChI=1S/C18H23ClN4O/c1-20-18(21-10-9-14-7-8-17(19)22-11-14)23-12-16(13-24)15-5-3-2-4-6-15/h2-8,11,16,24H,9-10,12-13H2,1H3,(H2,20,21,23). The second-order valence-corrected chi connectivity index (χ2v) is 5.80. The van der Waals surface area contributed by atoms with Crippen LogP contribution in [-0.4, -0.2) is 42.8 Å². The zero-order chi connectivity index (χ0) is 17.2. The normalized spacial score (nSPS) is 12.7. The van der Waals surface area contributed by atoms with Crippen molar-refractivity contribution in [3.8, 4) is 0 Å². The van der Waals surface area contributed by atoms with Crippen LogP contribution in [0.4, 0.5) is 0 Å². The van der Waals surface area contributed by atoms with Gasteiger partial charge in [-0.15, -0.1) is 0 Å². The van der Waals surface area contributed by atoms with Gasteiger partial charge in [-0.2, -0.15) is 0 Å². The van der Waals surface area contributed by atoms with Crippen molar-refractivity contribution in [3.05, 3.63) is 64.9 Å². The summed E-state index contributed by atoms with van der Waals surface area (Å²) in [4.78, 5) is 8.27. The summed E-state index contributed by atoms with van der Waals surface area (Å²) < 4.78 is 0. The predicted octanol–water partition coefficient (Wildman–Crippen LogP) is 2.22. The number of aliphatic hydroxyl groups excluding tert-OH is 1. The molecule has 1 aromatic carbocycles. The molecule has 0 aliphatic rings. The number of hydrogen-bond acceptors (Lipinski definition) is 3. The summed E-state index contributed by atoms with van der Waals surface area (Å²) in [6.45, 7) is 1.44. The van der Waals surface area contributed by atoms with Gasteiger partial charge in [-0.1, -0.05) is 48.0 Å². The highest BCUT2D eigenvalue weighted by Gasteiger charge is 2.10. The minimum atomic E-state index is 0.0326. The largest absolute Gasteiger partial charge is 0.396 e. The van der Waals surface area contributed by atoms with Gasteiger partial charge in [-0.3, -0.25) is 4.99 Å². The first-order valence-corrected chi connectivity index (χ1v) is 8.31. The Labute approximate surface area is 147 Å². The summed E-state index contributed by atoms with van der Waals surface area (Å²) in [6.07, 6.45) is 2.60. The fourth-order valence-corrected chi connectivity index (χ4v) is 2.44. The van der Waals surface area contributed by atoms with Crippen molar-refractivity contribution in [2.24, 2.45) is 4.99 Å². The minimum Gasteiger partial charge on any atom is -0.396 e. The van der Waals surface area contributed by atoms with Gasteiger partial charge in [0.05, 0.1) is 6.61 Å². The van der Waals surface area contributed by atoms with E-state index in [1.807, 2.05) is 36.4 Å². The van der Waals surface area contributed by atoms with Gasteiger partial charge in [-0.25, -0.2) is 4.98 Å². The van der Waals surface area contributed by atoms with Gasteiger partial charge in [0.25, 0.3) is 0 Å². The molecule has 0 radical (unpaired) electrons. The number of aromatic nitrogens is 1. The summed E-state index contributed by atoms with van der Waals surface area (Å²) >= 11 is 5.78. The van der Waals surface area contributed by atoms with Crippen molar-refractivity contribution < 1.29 is 5.11 Å². The first kappa shape index (κ1) is 18.2. The van der Waals surface area contributed by atoms with Crippen LogP contribution < -0.4 is 10.6 Å². The Morgan fingerprint density at radius 2 is 2.00 bits per heavy atom. The lowest BCUT2D eigenvalue weighted by atomic mass is 10.0. The Balaban J connectivity index is 1.78. The molecule has 0 fully saturated rings. The number of rotatable bonds is 7. The lowest BCUT2D eigenvalue weighted by Crippen LogP contribution is -2.40. The van der Waals surface area contributed by atoms with E-state index in [2.05, 4.69) is 20.6 Å². The molecule has 0 saturated carbocycles. The van der Waals surface area contributed by atoms with Crippen LogP contribution in [0.5, 0.6) is 0 Å². The number of benzene rings is 1. The maximum Gasteiger partial charge on any atom is 0.191 e. The number of guanidine groups is 1. The molecule has 1 unspecified atom stereocenters. The van der Waals surface area contributed by atoms with Crippen molar-refractivity contribution in [2.45, 2.75) is 12.3 Å². The Morgan fingerprint density at radius 1 is 1.21 bits per heavy atom. The van der Waals surface area contributed by atoms with E-state index in [0.717, 1.165) is 24.1 Å². The summed E-state index contributed by atoms with van der Waals surface area (Å²) in [6, 6.07) is 13.7. The third kappa shape index (κ3) is 5.83. The molecule has 1 aromatic heterocycles. The molecule has 24 heavy (non-hydrogen) atoms. The van der Waals surface area contributed by atoms with Gasteiger partial charge in [0.1, 0.15) is 5.15 Å². The molecule has 2 rings (SSSR count). The number of hydrogen-bond donors (Lipinski definition) is 3. The van der Waals surface area contributed by atoms with Crippen molar-refractivity contribution >= 4 is 17.6 Å². The van der Waals surface area contributed by atoms with Gasteiger partial charge < -0.3 is 15.7 Å². The van der Waals surface area contributed by atoms with Gasteiger partial charge in [0, 0.05) is 32.3 Å². The molecule has 0 aliphatic carbocycles. The quantitative estimate of drug-likeness (QED) is 0.408. The third-order valence-electron chi connectivity index (χ3n) is 3.73. The number of nitrogens with zero attached hydrogens (tertiary/aromatic N) is 2. The van der Waals surface area contributed by atoms with Gasteiger partial charge in [0.15, 0.2) is 5.96 Å². The lowest BCUT2D eigenvalue weighted by Gasteiger charge is -2.18. The molecule has 5 nitrogen and oxygen atoms in total. The number of halogens is 1. The average Bonchev–Trinajstić information content (AvgIpc) is 2.63. The summed E-state index contributed by atoms with van der Waals surface area (Å²) in [5.41, 5.74) is 2.22. The fourth-order valence-electron chi connectivity index (χ4n) is 2.33. The van der Waals surface area contributed by atoms with Crippen LogP contribution in [0, 0.1) is 0 Å². The molecule has 1 atom stereocenters. The highest BCUT2D eigenvalue weighted by Crippen LogP contribution is 2.13. The molecule has 1 heterocycles. The summed E-state index contributed by atoms with van der Waals surface area (Å²) in [7, 11) is 1.73. The molecule has 2 aromatic rings. The van der Waals surface area contributed by atoms with Crippen LogP contribution in [0.25, 0.3) is 0 Å². The Hall–Kier alpha value is -2.11. The van der Waals surface area contributed by atoms with Crippen molar-refractivity contribution in [1.82, 2.24) is 15.6 Å². The van der Waals surface area contributed by atoms with Crippen molar-refractivity contribution in [1.29, 1.82) is 0 Å². The molecule has 0 aliphatic heterocycles. The smallest absolute Gasteiger partial charge is 0.191 e. The minimum absolute atomic E-state index is 0.0326. The maximum atomic E-state index is 9.59. The van der Waals surface area contributed by atoms with Gasteiger partial charge in [-0.05, 0) is 23.6 Å². The molecular weight excluding hydrogens is 324 g/mol. The average molecular weight is 347 g/mol. The second kappa shape index (κ2) is 9.90. The first-order valence-electron chi connectivity index (χ1n) is 7.93. The predicted molar refractivity (Wildman–Crippen MR) is 98.6 cm³/mol. The fraction of sp³-hybridized carbons (Fsp3) is 0.333. The van der Waals surface area contributed by atoms with Crippen LogP contribution in [0.2, 0.25) is 5.15 Å². The number of aliphatic hydroxyl groups is 1. The highest BCUT2D eigenvalue weighted by molar-refractivity contribution is 6.29. The summed E-state index contributed by atoms with van der Waals surface area (Å²) in [5, 5.41) is 16.6. The highest BCUT2D eigenvalue weighted by atomic mass is 35.5. The molecule has 3 N–H and O–H groups in total. The second-order valence-electron chi connectivity index (χ2n) is 5.41. The van der Waals surface area contributed by atoms with E-state index in [1.165, 1.54) is 0 Å². The van der Waals surface area contributed by atoms with Gasteiger partial charge in [0.2, 0.25) is 0 Å². The number of aliphatic imine (C=N–C) groups is 1. The van der Waals surface area contributed by atoms with Crippen LogP contribution in [-0.2, 0) is 6.42 Å². The molecule has 6 heteroatoms. The van der Waals surface area contributed by atoms with Crippen LogP contribution in [0.3, 0.4) is 0 Å². The molecule has 0 bridgehead atoms. The van der Waals surface area contributed by atoms with Crippen LogP contribution in [0.15, 0.2) is 53.7 Å². The van der Waals surface area contributed by atoms with E-state index >= 15 is 0 Å². The van der Waals surface area contributed by atoms with E-state index in [-0.39, 0.29) is 12.5 Å². The lowest BCUT2D eigenvalue weighted by molar-refractivity contribution is 0.265. The van der Waals surface area contributed by atoms with E-state index < -0.39 is 0 Å². The number of nitrogens with one attached hydrogen (secondary N) is 2. The number of pyridine rings is 1. The molecular formula is C18H23ClN4O. The molecule has 0 spiro atoms. The molecule has 0 saturated heterocycles. The Kier molecular flexibility index (Phi) is 7.52. The van der Waals surface area contributed by atoms with Crippen LogP contribution in [0.1, 0.15) is 17.0 Å². The van der Waals surface area contributed by atoms with E-state index in [0.29, 0.717) is 17.7 Å². The zero-order valence-electron chi connectivity index (χ0n) is 13.7. The van der Waals surface area contributed by atoms with Gasteiger partial charge >= 0.3 is 0 Å². The maximum absolute atomic E-state index is 9.59. The third-order valence-corrected chi connectivity index (χ3v) is 3.95. The Morgan fingerprint density at radius 3 is 2.62 bits per heavy atom. The monoisotopic (exact) mass is 346 g/mol. The zero-order valence-corrected chi connectivity index (χ0v) is 14.5. The van der Waals surface area contributed by atoms with E-state index in [4.69, 9.17) is 11.6 Å². The topological polar surface area (TPSA) is 69.5 Å². The SMILES string of the molecule is CN=C(NCCc1ccc(Cl)nc1)NCC(CO)c1ccccc1. The molecule has 0 amide bonds. The van der Waals surface area contributed by atoms with Crippen LogP contribution >= 0.6 is 11.6 Å². The molecule has 128 valence electrons. The first-order chi connectivity index (χ1) is 11.7. The summed E-state index contributed by atoms with van der Waals surface area (Å²) in [5.74, 6) is 0.747. The van der Waals surface area contributed by atoms with Crippen molar-refractivity contribution in [3.63, 3.8) is 0 Å². The Bertz CT molecular complexity index is 631. The van der Waals surface area contributed by atoms with Crippen molar-refractivity contribution in [2.75, 3.05) is 26.7 Å².